The van der Waals surface area contributed by atoms with Crippen molar-refractivity contribution in [3.05, 3.63) is 273 Å². The Bertz CT molecular complexity index is 4040. The molecule has 0 fully saturated rings. The third-order valence-corrected chi connectivity index (χ3v) is 18.0. The van der Waals surface area contributed by atoms with E-state index >= 15 is 0 Å². The number of ether oxygens (including phenoxy) is 3. The first-order chi connectivity index (χ1) is 51.3. The highest BCUT2D eigenvalue weighted by atomic mass is 31.2. The van der Waals surface area contributed by atoms with Crippen LogP contribution in [0.15, 0.2) is 188 Å². The number of nitrogens with one attached hydrogen (secondary N) is 1. The minimum absolute atomic E-state index is 0. The fraction of sp³-hybridized carbons (Fsp3) is 0.215. The van der Waals surface area contributed by atoms with Crippen molar-refractivity contribution in [2.45, 2.75) is 80.1 Å². The van der Waals surface area contributed by atoms with Crippen molar-refractivity contribution >= 4 is 116 Å². The number of aryl methyl sites for hydroxylation is 8. The maximum Gasteiger partial charge on any atom is 0.331 e. The Morgan fingerprint density at radius 2 is 0.970 bits per heavy atom. The van der Waals surface area contributed by atoms with E-state index < -0.39 is 19.2 Å². The Labute approximate surface area is 612 Å². The number of halogens is 5. The summed E-state index contributed by atoms with van der Waals surface area (Å²) >= 11 is 0. The smallest absolute Gasteiger partial charge is 0.331 e. The summed E-state index contributed by atoms with van der Waals surface area (Å²) < 4.78 is 108. The summed E-state index contributed by atoms with van der Waals surface area (Å²) in [4.78, 5) is 54.1. The Hall–Kier alpha value is -9.71. The number of aldehydes is 2. The predicted octanol–water partition coefficient (Wildman–Crippen LogP) is 13.0. The summed E-state index contributed by atoms with van der Waals surface area (Å²) in [6.45, 7) is 9.03. The SMILES string of the molecule is C#CC#CC#CC.CNCCCc1ccc(F)c(C)c1.COC(=O)/C=C/c1ccc(F)c(C)c1.COC(=O)C=P(c1ccccc1)(c1ccccc1)c1ccccc1.COC(=O)CCc1ccc(F)c(C)c1.Cc1cc(C=O)ccc1F.Cc1cc(CCC=O)ccc1F.[2HH].[2H][2H].[2H][2H].[2H][2H].[B][B]B([B])B([B])[B]. The van der Waals surface area contributed by atoms with Gasteiger partial charge in [-0.15, -0.1) is 6.42 Å². The van der Waals surface area contributed by atoms with Crippen molar-refractivity contribution < 1.29 is 70.5 Å². The van der Waals surface area contributed by atoms with Gasteiger partial charge in [0.25, 0.3) is 0 Å². The van der Waals surface area contributed by atoms with Crippen LogP contribution in [-0.4, -0.2) is 122 Å². The first-order valence-electron chi connectivity index (χ1n) is 34.7. The van der Waals surface area contributed by atoms with Gasteiger partial charge < -0.3 is 24.3 Å². The molecule has 519 valence electrons. The minimum Gasteiger partial charge on any atom is -0.469 e. The fourth-order valence-corrected chi connectivity index (χ4v) is 12.2. The maximum atomic E-state index is 12.9. The Kier molecular flexibility index (Phi) is 43.4. The van der Waals surface area contributed by atoms with Gasteiger partial charge in [-0.05, 0) is 232 Å². The van der Waals surface area contributed by atoms with Gasteiger partial charge in [0.05, 0.1) is 21.3 Å². The van der Waals surface area contributed by atoms with E-state index in [4.69, 9.17) is 51.0 Å². The van der Waals surface area contributed by atoms with E-state index in [9.17, 15) is 45.9 Å². The number of hydrogen-bond acceptors (Lipinski definition) is 9. The predicted molar refractivity (Wildman–Crippen MR) is 421 cm³/mol. The zero-order chi connectivity index (χ0) is 81.5. The van der Waals surface area contributed by atoms with Crippen molar-refractivity contribution in [2.75, 3.05) is 34.9 Å². The molecule has 8 aromatic rings. The Morgan fingerprint density at radius 1 is 0.564 bits per heavy atom. The normalized spacial score (nSPS) is 9.84. The third-order valence-electron chi connectivity index (χ3n) is 14.0. The lowest BCUT2D eigenvalue weighted by Gasteiger charge is -2.28. The average Bonchev–Trinajstić information content (AvgIpc) is 0.755. The van der Waals surface area contributed by atoms with Gasteiger partial charge in [-0.3, -0.25) is 9.59 Å². The number of methoxy groups -OCH3 is 3. The molecule has 9 nitrogen and oxygen atoms in total. The van der Waals surface area contributed by atoms with Gasteiger partial charge in [-0.1, -0.05) is 139 Å². The molecule has 0 aliphatic carbocycles. The largest absolute Gasteiger partial charge is 0.469 e. The standard InChI is InChI=1S/C21H19O2P.C11H16FN.C11H13FO2.C11H11FO2.C10H11FO.C8H7FO.C7H4.B7.4H2/c1-23-21(22)17-24(18-11-5-2-6-12-18,19-13-7-3-8-14-19)20-15-9-4-10-16-20;1-9-8-10(4-3-7-13-2)5-6-11(9)12;2*1-8-7-9(3-5-10(8)12)4-6-11(13)14-2;1-8-7-9(3-2-6-12)4-5-10(8)11;1-6-4-7(5-10)2-3-8(6)9;1-3-5-7-6-4-2;1-5-7(4)6(2)3;;;;/h2-17H,1H3;5-6,8,13H,3-4,7H2,1-2H3;3,5,7H,4,6H2,1-2H3;3-7H,1-2H3;4-7H,2-3H2,1H3;2-5H,1H3;1H,2H3;;4*1H/b;;;6-4+;;;;;;;;/i;;;;;;;;3*1+1D;1+1. The first-order valence-corrected chi connectivity index (χ1v) is 33.5. The lowest BCUT2D eigenvalue weighted by molar-refractivity contribution is -0.140. The lowest BCUT2D eigenvalue weighted by Crippen LogP contribution is -2.43. The molecular weight excluding hydrogens is 1290 g/mol. The molecule has 0 aliphatic rings. The molecular formula is C79H89B7F5NO8P. The van der Waals surface area contributed by atoms with Gasteiger partial charge in [0, 0.05) is 91.4 Å². The van der Waals surface area contributed by atoms with Crippen LogP contribution in [0.25, 0.3) is 6.08 Å². The van der Waals surface area contributed by atoms with Gasteiger partial charge in [-0.25, -0.2) is 31.5 Å². The molecule has 1 N–H and O–H groups in total. The fourth-order valence-electron chi connectivity index (χ4n) is 8.50. The van der Waals surface area contributed by atoms with Crippen LogP contribution in [0.3, 0.4) is 0 Å². The number of benzene rings is 8. The zero-order valence-corrected chi connectivity index (χ0v) is 59.8. The van der Waals surface area contributed by atoms with Crippen LogP contribution >= 0.6 is 6.89 Å². The molecule has 0 saturated carbocycles. The van der Waals surface area contributed by atoms with Crippen LogP contribution in [0.5, 0.6) is 0 Å². The van der Waals surface area contributed by atoms with Crippen molar-refractivity contribution in [1.82, 2.24) is 5.32 Å². The number of esters is 3. The Morgan fingerprint density at radius 3 is 1.32 bits per heavy atom. The molecule has 22 heteroatoms. The molecule has 0 aromatic heterocycles. The van der Waals surface area contributed by atoms with E-state index in [1.807, 2.05) is 73.8 Å². The molecule has 0 aliphatic heterocycles. The van der Waals surface area contributed by atoms with Crippen molar-refractivity contribution in [3.63, 3.8) is 0 Å². The second kappa shape index (κ2) is 52.3. The summed E-state index contributed by atoms with van der Waals surface area (Å²) in [5.41, 5.74) is 7.51. The quantitative estimate of drug-likeness (QED) is 0.00969. The summed E-state index contributed by atoms with van der Waals surface area (Å²) in [5, 5.41) is 6.49. The second-order valence-corrected chi connectivity index (χ2v) is 25.0. The molecule has 9 radical (unpaired) electrons. The molecule has 0 saturated heterocycles. The van der Waals surface area contributed by atoms with Crippen LogP contribution < -0.4 is 21.2 Å². The van der Waals surface area contributed by atoms with E-state index in [0.717, 1.165) is 63.8 Å². The molecule has 0 atom stereocenters. The highest BCUT2D eigenvalue weighted by molar-refractivity contribution is 7.95. The number of carbonyl (C=O) groups excluding carboxylic acids is 5. The summed E-state index contributed by atoms with van der Waals surface area (Å²) in [5.74, 6) is 11.8. The van der Waals surface area contributed by atoms with E-state index in [2.05, 4.69) is 80.8 Å². The molecule has 101 heavy (non-hydrogen) atoms. The molecule has 0 unspecified atom stereocenters. The van der Waals surface area contributed by atoms with Crippen LogP contribution in [-0.2, 0) is 52.7 Å². The van der Waals surface area contributed by atoms with Crippen molar-refractivity contribution in [2.24, 2.45) is 0 Å². The van der Waals surface area contributed by atoms with E-state index in [-0.39, 0.29) is 48.8 Å². The van der Waals surface area contributed by atoms with Gasteiger partial charge in [0.1, 0.15) is 41.7 Å². The Balaban J connectivity index is -0.000000582. The summed E-state index contributed by atoms with van der Waals surface area (Å²) in [6, 6.07) is 54.6. The van der Waals surface area contributed by atoms with Gasteiger partial charge in [0.15, 0.2) is 0 Å². The molecule has 0 bridgehead atoms. The van der Waals surface area contributed by atoms with Gasteiger partial charge in [0.2, 0.25) is 0 Å². The molecule has 8 rings (SSSR count). The van der Waals surface area contributed by atoms with Gasteiger partial charge >= 0.3 is 17.9 Å². The molecule has 8 aromatic carbocycles. The van der Waals surface area contributed by atoms with E-state index in [1.165, 1.54) is 76.4 Å². The third kappa shape index (κ3) is 36.3. The van der Waals surface area contributed by atoms with Crippen molar-refractivity contribution in [1.29, 1.82) is 0 Å². The van der Waals surface area contributed by atoms with Crippen LogP contribution in [0.4, 0.5) is 22.0 Å². The summed E-state index contributed by atoms with van der Waals surface area (Å²) in [7, 11) is 27.6. The molecule has 0 spiro atoms. The van der Waals surface area contributed by atoms with Crippen LogP contribution in [0.2, 0.25) is 0 Å². The lowest BCUT2D eigenvalue weighted by atomic mass is 8.76. The average molecular weight is 1390 g/mol. The number of carbonyl (C=O) groups is 5. The first kappa shape index (κ1) is 83.7. The van der Waals surface area contributed by atoms with E-state index in [0.29, 0.717) is 59.8 Å². The monoisotopic (exact) mass is 1390 g/mol. The highest BCUT2D eigenvalue weighted by Crippen LogP contribution is 2.43. The van der Waals surface area contributed by atoms with Gasteiger partial charge in [-0.2, -0.15) is 0 Å². The topological polar surface area (TPSA) is 125 Å². The highest BCUT2D eigenvalue weighted by Gasteiger charge is 2.26. The molecule has 0 amide bonds. The number of hydrogen-bond donors (Lipinski definition) is 1. The summed E-state index contributed by atoms with van der Waals surface area (Å²) in [6.07, 6.45) is 12.6. The van der Waals surface area contributed by atoms with Crippen LogP contribution in [0, 0.1) is 99.7 Å². The van der Waals surface area contributed by atoms with Crippen LogP contribution in [0.1, 0.15) is 97.0 Å². The number of terminal acetylenes is 1. The molecule has 0 heterocycles. The zero-order valence-electron chi connectivity index (χ0n) is 64.9. The minimum atomic E-state index is -2.23. The maximum absolute atomic E-state index is 12.9. The van der Waals surface area contributed by atoms with E-state index in [1.54, 1.807) is 95.9 Å². The number of rotatable bonds is 19. The van der Waals surface area contributed by atoms with Crippen molar-refractivity contribution in [3.8, 4) is 36.0 Å². The second-order valence-electron chi connectivity index (χ2n) is 21.7.